The molecule has 0 spiro atoms. The van der Waals surface area contributed by atoms with E-state index in [2.05, 4.69) is 24.1 Å². The Morgan fingerprint density at radius 3 is 2.83 bits per heavy atom. The number of nitrogens with one attached hydrogen (secondary N) is 1. The summed E-state index contributed by atoms with van der Waals surface area (Å²) in [5.41, 5.74) is 0. The second-order valence-corrected chi connectivity index (χ2v) is 5.94. The van der Waals surface area contributed by atoms with Crippen LogP contribution in [0.5, 0.6) is 5.75 Å². The third-order valence-electron chi connectivity index (χ3n) is 2.42. The van der Waals surface area contributed by atoms with Gasteiger partial charge in [-0.15, -0.1) is 0 Å². The van der Waals surface area contributed by atoms with Crippen molar-refractivity contribution in [1.82, 2.24) is 4.98 Å². The number of ether oxygens (including phenoxy) is 1. The Morgan fingerprint density at radius 1 is 1.39 bits per heavy atom. The van der Waals surface area contributed by atoms with Gasteiger partial charge in [0, 0.05) is 12.2 Å². The molecule has 1 heterocycles. The molecule has 0 fully saturated rings. The molecule has 0 bridgehead atoms. The molecular weight excluding hydrogens is 244 g/mol. The van der Waals surface area contributed by atoms with E-state index in [-0.39, 0.29) is 6.10 Å². The van der Waals surface area contributed by atoms with E-state index in [4.69, 9.17) is 4.74 Å². The Bertz CT molecular complexity index is 344. The molecule has 0 aliphatic heterocycles. The summed E-state index contributed by atoms with van der Waals surface area (Å²) in [6.07, 6.45) is 3.10. The van der Waals surface area contributed by atoms with Gasteiger partial charge in [0.05, 0.1) is 6.10 Å². The van der Waals surface area contributed by atoms with E-state index in [1.165, 1.54) is 11.5 Å². The maximum absolute atomic E-state index is 5.74. The largest absolute Gasteiger partial charge is 0.487 e. The Labute approximate surface area is 115 Å². The van der Waals surface area contributed by atoms with E-state index < -0.39 is 0 Å². The molecule has 4 heteroatoms. The van der Waals surface area contributed by atoms with Gasteiger partial charge in [0.2, 0.25) is 0 Å². The fourth-order valence-corrected chi connectivity index (χ4v) is 2.37. The molecule has 18 heavy (non-hydrogen) atoms. The normalized spacial score (nSPS) is 12.5. The lowest BCUT2D eigenvalue weighted by Crippen LogP contribution is -2.18. The van der Waals surface area contributed by atoms with Crippen molar-refractivity contribution in [2.45, 2.75) is 46.3 Å². The number of thioether (sulfide) groups is 1. The van der Waals surface area contributed by atoms with Crippen molar-refractivity contribution in [2.24, 2.45) is 0 Å². The van der Waals surface area contributed by atoms with Gasteiger partial charge in [0.15, 0.2) is 11.6 Å². The maximum Gasteiger partial charge on any atom is 0.168 e. The first-order valence-corrected chi connectivity index (χ1v) is 7.75. The number of hydrogen-bond acceptors (Lipinski definition) is 4. The number of hydrogen-bond donors (Lipinski definition) is 1. The van der Waals surface area contributed by atoms with E-state index in [9.17, 15) is 0 Å². The molecule has 102 valence electrons. The molecule has 0 aromatic carbocycles. The van der Waals surface area contributed by atoms with Gasteiger partial charge in [-0.25, -0.2) is 4.98 Å². The van der Waals surface area contributed by atoms with Crippen LogP contribution in [0.1, 0.15) is 34.1 Å². The van der Waals surface area contributed by atoms with Gasteiger partial charge in [-0.3, -0.25) is 0 Å². The zero-order valence-electron chi connectivity index (χ0n) is 11.8. The zero-order valence-corrected chi connectivity index (χ0v) is 12.6. The summed E-state index contributed by atoms with van der Waals surface area (Å²) in [5, 5.41) is 3.43. The summed E-state index contributed by atoms with van der Waals surface area (Å²) in [5.74, 6) is 4.04. The zero-order chi connectivity index (χ0) is 13.4. The molecule has 0 saturated carbocycles. The highest BCUT2D eigenvalue weighted by atomic mass is 32.2. The van der Waals surface area contributed by atoms with E-state index in [0.29, 0.717) is 6.04 Å². The van der Waals surface area contributed by atoms with Crippen LogP contribution in [-0.2, 0) is 0 Å². The number of aromatic nitrogens is 1. The average molecular weight is 268 g/mol. The first-order valence-electron chi connectivity index (χ1n) is 6.59. The molecule has 1 N–H and O–H groups in total. The molecular formula is C14H24N2OS. The molecule has 1 unspecified atom stereocenters. The van der Waals surface area contributed by atoms with Crippen LogP contribution < -0.4 is 10.1 Å². The lowest BCUT2D eigenvalue weighted by atomic mass is 10.2. The molecule has 0 aliphatic rings. The number of pyridine rings is 1. The summed E-state index contributed by atoms with van der Waals surface area (Å²) >= 11 is 1.97. The standard InChI is InChI=1S/C14H24N2OS/c1-5-18-10-8-12(4)16-14-13(17-11(2)3)7-6-9-15-14/h6-7,9,11-12H,5,8,10H2,1-4H3,(H,15,16). The van der Waals surface area contributed by atoms with Gasteiger partial charge in [-0.1, -0.05) is 6.92 Å². The van der Waals surface area contributed by atoms with E-state index >= 15 is 0 Å². The Morgan fingerprint density at radius 2 is 2.17 bits per heavy atom. The molecule has 0 radical (unpaired) electrons. The van der Waals surface area contributed by atoms with Gasteiger partial charge in [-0.05, 0) is 50.8 Å². The van der Waals surface area contributed by atoms with Crippen molar-refractivity contribution in [3.8, 4) is 5.75 Å². The minimum atomic E-state index is 0.167. The van der Waals surface area contributed by atoms with Gasteiger partial charge in [0.25, 0.3) is 0 Å². The monoisotopic (exact) mass is 268 g/mol. The minimum Gasteiger partial charge on any atom is -0.487 e. The summed E-state index contributed by atoms with van der Waals surface area (Å²) < 4.78 is 5.74. The van der Waals surface area contributed by atoms with Crippen molar-refractivity contribution in [3.05, 3.63) is 18.3 Å². The summed E-state index contributed by atoms with van der Waals surface area (Å²) in [6, 6.07) is 4.28. The molecule has 1 rings (SSSR count). The van der Waals surface area contributed by atoms with Crippen LogP contribution in [0.15, 0.2) is 18.3 Å². The Balaban J connectivity index is 2.54. The second kappa shape index (κ2) is 8.25. The summed E-state index contributed by atoms with van der Waals surface area (Å²) in [4.78, 5) is 4.36. The SMILES string of the molecule is CCSCCC(C)Nc1ncccc1OC(C)C. The Kier molecular flexibility index (Phi) is 6.94. The predicted octanol–water partition coefficient (Wildman–Crippen LogP) is 3.81. The van der Waals surface area contributed by atoms with Gasteiger partial charge >= 0.3 is 0 Å². The van der Waals surface area contributed by atoms with E-state index in [1.807, 2.05) is 37.7 Å². The smallest absolute Gasteiger partial charge is 0.168 e. The van der Waals surface area contributed by atoms with Crippen LogP contribution in [0.25, 0.3) is 0 Å². The van der Waals surface area contributed by atoms with Crippen molar-refractivity contribution >= 4 is 17.6 Å². The first-order chi connectivity index (χ1) is 8.63. The number of anilines is 1. The highest BCUT2D eigenvalue weighted by Crippen LogP contribution is 2.23. The third kappa shape index (κ3) is 5.63. The molecule has 1 aromatic heterocycles. The second-order valence-electron chi connectivity index (χ2n) is 4.55. The van der Waals surface area contributed by atoms with E-state index in [0.717, 1.165) is 18.0 Å². The molecule has 1 aromatic rings. The van der Waals surface area contributed by atoms with Crippen LogP contribution >= 0.6 is 11.8 Å². The molecule has 3 nitrogen and oxygen atoms in total. The molecule has 0 saturated heterocycles. The van der Waals surface area contributed by atoms with Gasteiger partial charge in [0.1, 0.15) is 0 Å². The van der Waals surface area contributed by atoms with Gasteiger partial charge in [-0.2, -0.15) is 11.8 Å². The fourth-order valence-electron chi connectivity index (χ4n) is 1.56. The maximum atomic E-state index is 5.74. The third-order valence-corrected chi connectivity index (χ3v) is 3.35. The quantitative estimate of drug-likeness (QED) is 0.727. The molecule has 0 aliphatic carbocycles. The summed E-state index contributed by atoms with van der Waals surface area (Å²) in [7, 11) is 0. The molecule has 1 atom stereocenters. The lowest BCUT2D eigenvalue weighted by molar-refractivity contribution is 0.242. The van der Waals surface area contributed by atoms with Crippen molar-refractivity contribution in [3.63, 3.8) is 0 Å². The Hall–Kier alpha value is -0.900. The van der Waals surface area contributed by atoms with Crippen LogP contribution in [-0.4, -0.2) is 28.6 Å². The average Bonchev–Trinajstić information content (AvgIpc) is 2.31. The van der Waals surface area contributed by atoms with E-state index in [1.54, 1.807) is 6.20 Å². The van der Waals surface area contributed by atoms with Crippen LogP contribution in [0.2, 0.25) is 0 Å². The summed E-state index contributed by atoms with van der Waals surface area (Å²) in [6.45, 7) is 8.43. The number of nitrogens with zero attached hydrogens (tertiary/aromatic N) is 1. The first kappa shape index (κ1) is 15.2. The topological polar surface area (TPSA) is 34.2 Å². The van der Waals surface area contributed by atoms with Gasteiger partial charge < -0.3 is 10.1 Å². The molecule has 0 amide bonds. The highest BCUT2D eigenvalue weighted by molar-refractivity contribution is 7.99. The van der Waals surface area contributed by atoms with Crippen molar-refractivity contribution < 1.29 is 4.74 Å². The number of rotatable bonds is 8. The fraction of sp³-hybridized carbons (Fsp3) is 0.643. The lowest BCUT2D eigenvalue weighted by Gasteiger charge is -2.18. The van der Waals surface area contributed by atoms with Crippen LogP contribution in [0, 0.1) is 0 Å². The van der Waals surface area contributed by atoms with Crippen molar-refractivity contribution in [2.75, 3.05) is 16.8 Å². The van der Waals surface area contributed by atoms with Crippen molar-refractivity contribution in [1.29, 1.82) is 0 Å². The van der Waals surface area contributed by atoms with Crippen LogP contribution in [0.4, 0.5) is 5.82 Å². The highest BCUT2D eigenvalue weighted by Gasteiger charge is 2.09. The van der Waals surface area contributed by atoms with Crippen LogP contribution in [0.3, 0.4) is 0 Å². The predicted molar refractivity (Wildman–Crippen MR) is 80.7 cm³/mol. The minimum absolute atomic E-state index is 0.167.